The summed E-state index contributed by atoms with van der Waals surface area (Å²) < 4.78 is 11.0. The van der Waals surface area contributed by atoms with Gasteiger partial charge in [-0.25, -0.2) is 0 Å². The Kier molecular flexibility index (Phi) is 3.89. The Morgan fingerprint density at radius 2 is 2.12 bits per heavy atom. The summed E-state index contributed by atoms with van der Waals surface area (Å²) in [5, 5.41) is 0.546. The summed E-state index contributed by atoms with van der Waals surface area (Å²) in [5.74, 6) is 2.08. The summed E-state index contributed by atoms with van der Waals surface area (Å²) >= 11 is 6.06. The van der Waals surface area contributed by atoms with E-state index in [1.807, 2.05) is 31.2 Å². The van der Waals surface area contributed by atoms with Crippen molar-refractivity contribution in [1.29, 1.82) is 0 Å². The molecule has 0 aliphatic heterocycles. The average Bonchev–Trinajstić information content (AvgIpc) is 2.34. The number of benzene rings is 2. The Labute approximate surface area is 106 Å². The van der Waals surface area contributed by atoms with Gasteiger partial charge in [0.2, 0.25) is 0 Å². The average molecular weight is 248 g/mol. The van der Waals surface area contributed by atoms with E-state index in [0.717, 1.165) is 5.75 Å². The molecule has 2 aromatic rings. The maximum Gasteiger partial charge on any atom is 0.138 e. The molecule has 2 aromatic carbocycles. The number of ether oxygens (including phenoxy) is 2. The molecule has 0 saturated heterocycles. The summed E-state index contributed by atoms with van der Waals surface area (Å²) in [4.78, 5) is 0. The lowest BCUT2D eigenvalue weighted by Gasteiger charge is -2.09. The van der Waals surface area contributed by atoms with Crippen molar-refractivity contribution in [3.63, 3.8) is 0 Å². The number of hydrogen-bond acceptors (Lipinski definition) is 2. The lowest BCUT2D eigenvalue weighted by molar-refractivity contribution is 0.340. The second kappa shape index (κ2) is 5.60. The maximum absolute atomic E-state index is 6.06. The van der Waals surface area contributed by atoms with Crippen molar-refractivity contribution >= 4 is 11.6 Å². The topological polar surface area (TPSA) is 18.5 Å². The fourth-order valence-electron chi connectivity index (χ4n) is 1.39. The van der Waals surface area contributed by atoms with E-state index in [1.165, 1.54) is 0 Å². The summed E-state index contributed by atoms with van der Waals surface area (Å²) in [5.41, 5.74) is 0. The maximum atomic E-state index is 6.06. The van der Waals surface area contributed by atoms with Crippen molar-refractivity contribution in [3.05, 3.63) is 53.6 Å². The lowest BCUT2D eigenvalue weighted by Crippen LogP contribution is -1.92. The first kappa shape index (κ1) is 11.8. The molecule has 0 saturated carbocycles. The molecule has 0 fully saturated rings. The second-order valence-electron chi connectivity index (χ2n) is 3.37. The highest BCUT2D eigenvalue weighted by Crippen LogP contribution is 2.31. The minimum absolute atomic E-state index is 0.546. The number of hydrogen-bond donors (Lipinski definition) is 0. The van der Waals surface area contributed by atoms with Crippen LogP contribution in [0, 0.1) is 6.07 Å². The van der Waals surface area contributed by atoms with Crippen molar-refractivity contribution < 1.29 is 9.47 Å². The second-order valence-corrected chi connectivity index (χ2v) is 3.77. The van der Waals surface area contributed by atoms with Gasteiger partial charge in [0.15, 0.2) is 0 Å². The number of halogens is 1. The van der Waals surface area contributed by atoms with Crippen molar-refractivity contribution in [2.24, 2.45) is 0 Å². The zero-order valence-electron chi connectivity index (χ0n) is 9.44. The highest BCUT2D eigenvalue weighted by Gasteiger charge is 2.03. The molecule has 2 rings (SSSR count). The molecule has 0 atom stereocenters. The van der Waals surface area contributed by atoms with Gasteiger partial charge >= 0.3 is 0 Å². The van der Waals surface area contributed by atoms with Crippen LogP contribution in [0.4, 0.5) is 0 Å². The van der Waals surface area contributed by atoms with Crippen LogP contribution in [0.2, 0.25) is 5.02 Å². The molecule has 0 heterocycles. The lowest BCUT2D eigenvalue weighted by atomic mass is 10.3. The molecular formula is C14H12ClO2. The number of rotatable bonds is 4. The fourth-order valence-corrected chi connectivity index (χ4v) is 1.62. The fraction of sp³-hybridized carbons (Fsp3) is 0.143. The van der Waals surface area contributed by atoms with Crippen LogP contribution in [0.1, 0.15) is 6.92 Å². The van der Waals surface area contributed by atoms with Gasteiger partial charge in [0, 0.05) is 6.07 Å². The van der Waals surface area contributed by atoms with Gasteiger partial charge in [-0.15, -0.1) is 0 Å². The van der Waals surface area contributed by atoms with Gasteiger partial charge in [-0.1, -0.05) is 23.7 Å². The third kappa shape index (κ3) is 3.14. The van der Waals surface area contributed by atoms with Crippen LogP contribution >= 0.6 is 11.6 Å². The molecule has 1 radical (unpaired) electrons. The SMILES string of the molecule is CCOc1ccc(Oc2c[c]ccc2)cc1Cl. The molecule has 0 aliphatic carbocycles. The van der Waals surface area contributed by atoms with E-state index < -0.39 is 0 Å². The molecule has 0 bridgehead atoms. The van der Waals surface area contributed by atoms with Crippen molar-refractivity contribution in [1.82, 2.24) is 0 Å². The van der Waals surface area contributed by atoms with Crippen LogP contribution in [0.25, 0.3) is 0 Å². The van der Waals surface area contributed by atoms with E-state index in [4.69, 9.17) is 21.1 Å². The van der Waals surface area contributed by atoms with Crippen LogP contribution in [0.5, 0.6) is 17.2 Å². The normalized spacial score (nSPS) is 10.0. The zero-order valence-corrected chi connectivity index (χ0v) is 10.2. The van der Waals surface area contributed by atoms with Gasteiger partial charge in [0.1, 0.15) is 17.2 Å². The summed E-state index contributed by atoms with van der Waals surface area (Å²) in [6, 6.07) is 15.6. The molecule has 0 unspecified atom stereocenters. The molecule has 3 heteroatoms. The molecule has 17 heavy (non-hydrogen) atoms. The minimum Gasteiger partial charge on any atom is -0.492 e. The van der Waals surface area contributed by atoms with E-state index in [0.29, 0.717) is 23.1 Å². The summed E-state index contributed by atoms with van der Waals surface area (Å²) in [6.45, 7) is 2.51. The first-order valence-corrected chi connectivity index (χ1v) is 5.73. The summed E-state index contributed by atoms with van der Waals surface area (Å²) in [6.07, 6.45) is 0. The van der Waals surface area contributed by atoms with E-state index in [-0.39, 0.29) is 0 Å². The molecule has 0 spiro atoms. The van der Waals surface area contributed by atoms with E-state index in [9.17, 15) is 0 Å². The third-order valence-electron chi connectivity index (χ3n) is 2.12. The van der Waals surface area contributed by atoms with Gasteiger partial charge < -0.3 is 9.47 Å². The van der Waals surface area contributed by atoms with Gasteiger partial charge in [0.05, 0.1) is 11.6 Å². The van der Waals surface area contributed by atoms with Gasteiger partial charge in [-0.2, -0.15) is 0 Å². The first-order valence-electron chi connectivity index (χ1n) is 5.36. The van der Waals surface area contributed by atoms with Crippen molar-refractivity contribution in [2.75, 3.05) is 6.61 Å². The Morgan fingerprint density at radius 3 is 2.76 bits per heavy atom. The van der Waals surface area contributed by atoms with E-state index >= 15 is 0 Å². The minimum atomic E-state index is 0.546. The van der Waals surface area contributed by atoms with Crippen LogP contribution in [-0.4, -0.2) is 6.61 Å². The predicted molar refractivity (Wildman–Crippen MR) is 68.0 cm³/mol. The Morgan fingerprint density at radius 1 is 1.24 bits per heavy atom. The first-order chi connectivity index (χ1) is 8.29. The standard InChI is InChI=1S/C14H12ClO2/c1-2-16-14-9-8-12(10-13(14)15)17-11-6-4-3-5-7-11/h3-4,6-10H,2H2,1H3. The highest BCUT2D eigenvalue weighted by molar-refractivity contribution is 6.32. The molecule has 87 valence electrons. The highest BCUT2D eigenvalue weighted by atomic mass is 35.5. The van der Waals surface area contributed by atoms with Crippen LogP contribution in [0.15, 0.2) is 42.5 Å². The van der Waals surface area contributed by atoms with Gasteiger partial charge in [0.25, 0.3) is 0 Å². The van der Waals surface area contributed by atoms with Gasteiger partial charge in [-0.05, 0) is 37.3 Å². The Balaban J connectivity index is 2.15. The molecule has 0 amide bonds. The van der Waals surface area contributed by atoms with Crippen LogP contribution in [0.3, 0.4) is 0 Å². The van der Waals surface area contributed by atoms with Crippen molar-refractivity contribution in [3.8, 4) is 17.2 Å². The van der Waals surface area contributed by atoms with Crippen molar-refractivity contribution in [2.45, 2.75) is 6.92 Å². The smallest absolute Gasteiger partial charge is 0.138 e. The quantitative estimate of drug-likeness (QED) is 0.801. The predicted octanol–water partition coefficient (Wildman–Crippen LogP) is 4.33. The molecular weight excluding hydrogens is 236 g/mol. The zero-order chi connectivity index (χ0) is 12.1. The monoisotopic (exact) mass is 247 g/mol. The Hall–Kier alpha value is -1.67. The Bertz CT molecular complexity index is 483. The van der Waals surface area contributed by atoms with Gasteiger partial charge in [-0.3, -0.25) is 0 Å². The molecule has 0 aliphatic rings. The summed E-state index contributed by atoms with van der Waals surface area (Å²) in [7, 11) is 0. The third-order valence-corrected chi connectivity index (χ3v) is 2.41. The van der Waals surface area contributed by atoms with Crippen LogP contribution < -0.4 is 9.47 Å². The molecule has 0 aromatic heterocycles. The van der Waals surface area contributed by atoms with Crippen LogP contribution in [-0.2, 0) is 0 Å². The van der Waals surface area contributed by atoms with E-state index in [2.05, 4.69) is 6.07 Å². The largest absolute Gasteiger partial charge is 0.492 e. The molecule has 0 N–H and O–H groups in total. The van der Waals surface area contributed by atoms with E-state index in [1.54, 1.807) is 18.2 Å². The molecule has 2 nitrogen and oxygen atoms in total.